The molecule has 1 heterocycles. The highest BCUT2D eigenvalue weighted by Crippen LogP contribution is 2.30. The zero-order chi connectivity index (χ0) is 13.8. The second-order valence-electron chi connectivity index (χ2n) is 3.98. The average Bonchev–Trinajstić information content (AvgIpc) is 2.71. The van der Waals surface area contributed by atoms with E-state index in [0.29, 0.717) is 16.6 Å². The molecule has 0 fully saturated rings. The summed E-state index contributed by atoms with van der Waals surface area (Å²) >= 11 is 1.14. The molecule has 0 radical (unpaired) electrons. The minimum atomic E-state index is -0.313. The molecule has 0 saturated heterocycles. The van der Waals surface area contributed by atoms with Gasteiger partial charge in [-0.15, -0.1) is 5.10 Å². The van der Waals surface area contributed by atoms with Crippen LogP contribution < -0.4 is 11.0 Å². The lowest BCUT2D eigenvalue weighted by Gasteiger charge is -2.09. The van der Waals surface area contributed by atoms with Crippen molar-refractivity contribution in [3.63, 3.8) is 0 Å². The second kappa shape index (κ2) is 6.03. The van der Waals surface area contributed by atoms with Crippen LogP contribution in [0, 0.1) is 5.82 Å². The number of hydrogen-bond acceptors (Lipinski definition) is 4. The Labute approximate surface area is 114 Å². The number of H-pyrrole nitrogens is 1. The van der Waals surface area contributed by atoms with E-state index in [1.54, 1.807) is 13.1 Å². The topological polar surface area (TPSA) is 62.7 Å². The van der Waals surface area contributed by atoms with Gasteiger partial charge in [-0.05, 0) is 29.9 Å². The van der Waals surface area contributed by atoms with E-state index in [1.807, 2.05) is 13.0 Å². The molecule has 0 spiro atoms. The van der Waals surface area contributed by atoms with Crippen molar-refractivity contribution in [3.05, 3.63) is 40.1 Å². The Morgan fingerprint density at radius 2 is 2.32 bits per heavy atom. The Morgan fingerprint density at radius 3 is 2.95 bits per heavy atom. The van der Waals surface area contributed by atoms with Crippen LogP contribution in [0.4, 0.5) is 4.39 Å². The van der Waals surface area contributed by atoms with E-state index >= 15 is 0 Å². The Balaban J connectivity index is 2.33. The molecule has 0 aliphatic heterocycles. The normalized spacial score (nSPS) is 10.9. The second-order valence-corrected chi connectivity index (χ2v) is 4.96. The van der Waals surface area contributed by atoms with Gasteiger partial charge in [0.1, 0.15) is 5.82 Å². The highest BCUT2D eigenvalue weighted by atomic mass is 32.2. The van der Waals surface area contributed by atoms with E-state index in [1.165, 1.54) is 10.6 Å². The minimum Gasteiger partial charge on any atom is -0.313 e. The predicted molar refractivity (Wildman–Crippen MR) is 71.7 cm³/mol. The molecule has 0 bridgehead atoms. The van der Waals surface area contributed by atoms with E-state index in [0.717, 1.165) is 23.9 Å². The summed E-state index contributed by atoms with van der Waals surface area (Å²) in [5, 5.41) is 9.81. The molecule has 0 amide bonds. The quantitative estimate of drug-likeness (QED) is 0.872. The fourth-order valence-electron chi connectivity index (χ4n) is 1.58. The van der Waals surface area contributed by atoms with E-state index in [-0.39, 0.29) is 11.5 Å². The molecule has 2 rings (SSSR count). The number of benzene rings is 1. The lowest BCUT2D eigenvalue weighted by molar-refractivity contribution is 0.590. The first-order valence-corrected chi connectivity index (χ1v) is 6.72. The zero-order valence-electron chi connectivity index (χ0n) is 10.7. The zero-order valence-corrected chi connectivity index (χ0v) is 11.6. The van der Waals surface area contributed by atoms with Gasteiger partial charge in [-0.25, -0.2) is 14.3 Å². The third-order valence-corrected chi connectivity index (χ3v) is 3.86. The van der Waals surface area contributed by atoms with Gasteiger partial charge < -0.3 is 5.32 Å². The van der Waals surface area contributed by atoms with Gasteiger partial charge in [0.15, 0.2) is 5.16 Å². The number of aromatic amines is 1. The number of nitrogens with one attached hydrogen (secondary N) is 2. The van der Waals surface area contributed by atoms with Crippen molar-refractivity contribution in [2.24, 2.45) is 7.05 Å². The van der Waals surface area contributed by atoms with Gasteiger partial charge in [-0.2, -0.15) is 0 Å². The van der Waals surface area contributed by atoms with Crippen LogP contribution in [0.25, 0.3) is 0 Å². The Kier molecular flexibility index (Phi) is 4.39. The van der Waals surface area contributed by atoms with Crippen molar-refractivity contribution >= 4 is 11.8 Å². The number of aromatic nitrogens is 3. The molecule has 1 aromatic heterocycles. The average molecular weight is 282 g/mol. The summed E-state index contributed by atoms with van der Waals surface area (Å²) in [6, 6.07) is 4.94. The van der Waals surface area contributed by atoms with Gasteiger partial charge in [0.05, 0.1) is 4.90 Å². The van der Waals surface area contributed by atoms with E-state index in [9.17, 15) is 9.18 Å². The van der Waals surface area contributed by atoms with Crippen molar-refractivity contribution < 1.29 is 4.39 Å². The lowest BCUT2D eigenvalue weighted by atomic mass is 10.2. The fraction of sp³-hybridized carbons (Fsp3) is 0.333. The Morgan fingerprint density at radius 1 is 1.53 bits per heavy atom. The summed E-state index contributed by atoms with van der Waals surface area (Å²) in [6.45, 7) is 3.38. The van der Waals surface area contributed by atoms with E-state index in [2.05, 4.69) is 15.5 Å². The van der Waals surface area contributed by atoms with Gasteiger partial charge in [0.2, 0.25) is 0 Å². The van der Waals surface area contributed by atoms with Crippen molar-refractivity contribution in [1.82, 2.24) is 20.1 Å². The summed E-state index contributed by atoms with van der Waals surface area (Å²) in [5.74, 6) is -0.309. The molecule has 102 valence electrons. The first-order chi connectivity index (χ1) is 9.13. The van der Waals surface area contributed by atoms with Gasteiger partial charge in [-0.3, -0.25) is 4.57 Å². The van der Waals surface area contributed by atoms with Crippen LogP contribution in [-0.2, 0) is 13.6 Å². The predicted octanol–water partition coefficient (Wildman–Crippen LogP) is 1.51. The highest BCUT2D eigenvalue weighted by molar-refractivity contribution is 7.99. The first kappa shape index (κ1) is 13.8. The standard InChI is InChI=1S/C12H15FN4OS/c1-3-14-7-8-5-4-6-9(13)10(8)19-12-16-15-11(18)17(12)2/h4-6,14H,3,7H2,1-2H3,(H,15,18). The third kappa shape index (κ3) is 3.05. The van der Waals surface area contributed by atoms with Crippen LogP contribution in [-0.4, -0.2) is 21.3 Å². The molecule has 7 heteroatoms. The van der Waals surface area contributed by atoms with Gasteiger partial charge in [0.25, 0.3) is 0 Å². The molecular formula is C12H15FN4OS. The maximum atomic E-state index is 13.9. The fourth-order valence-corrected chi connectivity index (χ4v) is 2.51. The molecule has 0 unspecified atom stereocenters. The Hall–Kier alpha value is -1.60. The molecule has 0 aliphatic rings. The smallest absolute Gasteiger partial charge is 0.313 e. The summed E-state index contributed by atoms with van der Waals surface area (Å²) in [4.78, 5) is 11.8. The first-order valence-electron chi connectivity index (χ1n) is 5.90. The van der Waals surface area contributed by atoms with Crippen LogP contribution >= 0.6 is 11.8 Å². The molecule has 2 N–H and O–H groups in total. The van der Waals surface area contributed by atoms with Crippen molar-refractivity contribution in [1.29, 1.82) is 0 Å². The van der Waals surface area contributed by atoms with Gasteiger partial charge in [0, 0.05) is 13.6 Å². The summed E-state index contributed by atoms with van der Waals surface area (Å²) in [7, 11) is 1.60. The molecule has 0 aliphatic carbocycles. The largest absolute Gasteiger partial charge is 0.343 e. The highest BCUT2D eigenvalue weighted by Gasteiger charge is 2.13. The molecular weight excluding hydrogens is 267 g/mol. The lowest BCUT2D eigenvalue weighted by Crippen LogP contribution is -2.14. The molecule has 19 heavy (non-hydrogen) atoms. The Bertz CT molecular complexity index is 622. The number of halogens is 1. The monoisotopic (exact) mass is 282 g/mol. The summed E-state index contributed by atoms with van der Waals surface area (Å²) in [5.41, 5.74) is 0.536. The maximum Gasteiger partial charge on any atom is 0.343 e. The number of nitrogens with zero attached hydrogens (tertiary/aromatic N) is 2. The third-order valence-electron chi connectivity index (χ3n) is 2.65. The van der Waals surface area contributed by atoms with Crippen molar-refractivity contribution in [2.75, 3.05) is 6.54 Å². The van der Waals surface area contributed by atoms with Crippen LogP contribution in [0.15, 0.2) is 33.0 Å². The van der Waals surface area contributed by atoms with Crippen LogP contribution in [0.2, 0.25) is 0 Å². The van der Waals surface area contributed by atoms with Crippen LogP contribution in [0.5, 0.6) is 0 Å². The van der Waals surface area contributed by atoms with Crippen molar-refractivity contribution in [3.8, 4) is 0 Å². The summed E-state index contributed by atoms with van der Waals surface area (Å²) in [6.07, 6.45) is 0. The van der Waals surface area contributed by atoms with Gasteiger partial charge in [-0.1, -0.05) is 19.1 Å². The number of hydrogen-bond donors (Lipinski definition) is 2. The summed E-state index contributed by atoms with van der Waals surface area (Å²) < 4.78 is 15.3. The molecule has 0 atom stereocenters. The van der Waals surface area contributed by atoms with E-state index < -0.39 is 0 Å². The molecule has 2 aromatic rings. The number of rotatable bonds is 5. The molecule has 1 aromatic carbocycles. The molecule has 0 saturated carbocycles. The SMILES string of the molecule is CCNCc1cccc(F)c1Sc1n[nH]c(=O)n1C. The minimum absolute atomic E-state index is 0.309. The van der Waals surface area contributed by atoms with E-state index in [4.69, 9.17) is 0 Å². The maximum absolute atomic E-state index is 13.9. The van der Waals surface area contributed by atoms with Gasteiger partial charge >= 0.3 is 5.69 Å². The van der Waals surface area contributed by atoms with Crippen LogP contribution in [0.1, 0.15) is 12.5 Å². The molecule has 5 nitrogen and oxygen atoms in total. The van der Waals surface area contributed by atoms with Crippen molar-refractivity contribution in [2.45, 2.75) is 23.5 Å². The van der Waals surface area contributed by atoms with Crippen LogP contribution in [0.3, 0.4) is 0 Å².